The molecule has 2 saturated carbocycles. The number of hydrogen-bond donors (Lipinski definition) is 1. The predicted molar refractivity (Wildman–Crippen MR) is 171 cm³/mol. The number of aromatic amines is 1. The lowest BCUT2D eigenvalue weighted by Crippen LogP contribution is -2.43. The Bertz CT molecular complexity index is 1840. The molecular weight excluding hydrogens is 652 g/mol. The fraction of sp³-hybridized carbons (Fsp3) is 0.438. The van der Waals surface area contributed by atoms with Crippen molar-refractivity contribution in [3.63, 3.8) is 0 Å². The molecule has 0 unspecified atom stereocenters. The fourth-order valence-corrected chi connectivity index (χ4v) is 11.7. The number of piperidine rings is 1. The van der Waals surface area contributed by atoms with Gasteiger partial charge >= 0.3 is 4.87 Å². The Labute approximate surface area is 276 Å². The van der Waals surface area contributed by atoms with E-state index in [4.69, 9.17) is 16.3 Å². The fourth-order valence-electron chi connectivity index (χ4n) is 8.61. The number of ether oxygens (including phenoxy) is 1. The van der Waals surface area contributed by atoms with Gasteiger partial charge in [0.1, 0.15) is 5.75 Å². The number of anilines is 1. The first-order valence-corrected chi connectivity index (χ1v) is 17.5. The molecule has 2 aromatic carbocycles. The molecule has 8 rings (SSSR count). The summed E-state index contributed by atoms with van der Waals surface area (Å²) in [7, 11) is 0. The van der Waals surface area contributed by atoms with Gasteiger partial charge in [-0.2, -0.15) is 0 Å². The number of nitrogens with zero attached hydrogens (tertiary/aromatic N) is 3. The van der Waals surface area contributed by atoms with Crippen molar-refractivity contribution in [3.05, 3.63) is 77.7 Å². The van der Waals surface area contributed by atoms with Gasteiger partial charge in [-0.05, 0) is 73.8 Å². The number of carbonyl (C=O) groups is 3. The quantitative estimate of drug-likeness (QED) is 0.216. The van der Waals surface area contributed by atoms with Crippen LogP contribution < -0.4 is 14.5 Å². The van der Waals surface area contributed by atoms with Gasteiger partial charge in [-0.3, -0.25) is 34.2 Å². The molecule has 14 heteroatoms. The van der Waals surface area contributed by atoms with Crippen LogP contribution in [0, 0.1) is 39.7 Å². The van der Waals surface area contributed by atoms with Crippen LogP contribution in [-0.2, 0) is 14.4 Å². The number of imide groups is 1. The van der Waals surface area contributed by atoms with Gasteiger partial charge in [0.2, 0.25) is 11.8 Å². The molecule has 0 radical (unpaired) electrons. The number of fused-ring (bicyclic) bond motifs is 9. The van der Waals surface area contributed by atoms with E-state index in [-0.39, 0.29) is 63.8 Å². The molecule has 3 amide bonds. The molecule has 4 fully saturated rings. The number of nitro groups is 1. The maximum Gasteiger partial charge on any atom is 0.305 e. The van der Waals surface area contributed by atoms with E-state index in [2.05, 4.69) is 4.98 Å². The van der Waals surface area contributed by atoms with E-state index in [9.17, 15) is 29.3 Å². The van der Waals surface area contributed by atoms with Gasteiger partial charge in [0.15, 0.2) is 6.61 Å². The maximum atomic E-state index is 14.0. The number of likely N-dealkylation sites (tertiary alicyclic amines) is 1. The number of H-pyrrole nitrogens is 1. The molecule has 2 bridgehead atoms. The SMILES string of the molecule is O=C(COc1ccc(Cl)cc1[C@@H]1c2sc(=O)[nH]c2S[C@@H]2[C@@H]3C[C@@H]([C@@H]4C(=O)N(c5ccc([N+](=O)[O-])cc5)C(=O)[C@@H]34)[C@H]12)N1CCCCC1. The lowest BCUT2D eigenvalue weighted by molar-refractivity contribution is -0.384. The maximum absolute atomic E-state index is 14.0. The monoisotopic (exact) mass is 680 g/mol. The molecule has 7 atom stereocenters. The van der Waals surface area contributed by atoms with Gasteiger partial charge in [0.05, 0.1) is 27.5 Å². The Morgan fingerprint density at radius 2 is 1.74 bits per heavy atom. The molecule has 3 aromatic rings. The number of halogens is 1. The summed E-state index contributed by atoms with van der Waals surface area (Å²) < 4.78 is 6.22. The number of benzene rings is 2. The molecule has 2 saturated heterocycles. The van der Waals surface area contributed by atoms with Crippen molar-refractivity contribution in [1.29, 1.82) is 0 Å². The number of amides is 3. The highest BCUT2D eigenvalue weighted by atomic mass is 35.5. The predicted octanol–water partition coefficient (Wildman–Crippen LogP) is 5.07. The number of thioether (sulfide) groups is 1. The van der Waals surface area contributed by atoms with E-state index in [1.807, 2.05) is 11.0 Å². The molecule has 46 heavy (non-hydrogen) atoms. The molecule has 238 valence electrons. The number of carbonyl (C=O) groups excluding carboxylic acids is 3. The Hall–Kier alpha value is -3.68. The summed E-state index contributed by atoms with van der Waals surface area (Å²) in [4.78, 5) is 71.1. The molecule has 2 aliphatic carbocycles. The summed E-state index contributed by atoms with van der Waals surface area (Å²) in [6, 6.07) is 10.8. The van der Waals surface area contributed by atoms with E-state index in [0.29, 0.717) is 22.9 Å². The number of non-ortho nitro benzene ring substituents is 1. The van der Waals surface area contributed by atoms with E-state index >= 15 is 0 Å². The molecule has 1 N–H and O–H groups in total. The van der Waals surface area contributed by atoms with Crippen molar-refractivity contribution in [3.8, 4) is 5.75 Å². The van der Waals surface area contributed by atoms with Gasteiger partial charge in [-0.15, -0.1) is 11.8 Å². The average molecular weight is 681 g/mol. The molecular formula is C32H29ClN4O7S2. The minimum atomic E-state index is -0.543. The topological polar surface area (TPSA) is 143 Å². The van der Waals surface area contributed by atoms with Crippen LogP contribution in [0.3, 0.4) is 0 Å². The van der Waals surface area contributed by atoms with Crippen LogP contribution in [0.5, 0.6) is 5.75 Å². The summed E-state index contributed by atoms with van der Waals surface area (Å²) in [5, 5.41) is 12.4. The smallest absolute Gasteiger partial charge is 0.305 e. The van der Waals surface area contributed by atoms with Crippen LogP contribution in [-0.4, -0.2) is 57.5 Å². The highest BCUT2D eigenvalue weighted by molar-refractivity contribution is 8.00. The first-order valence-electron chi connectivity index (χ1n) is 15.4. The minimum Gasteiger partial charge on any atom is -0.483 e. The van der Waals surface area contributed by atoms with E-state index < -0.39 is 16.8 Å². The van der Waals surface area contributed by atoms with E-state index in [0.717, 1.165) is 59.2 Å². The van der Waals surface area contributed by atoms with Crippen molar-refractivity contribution in [2.45, 2.75) is 41.9 Å². The number of thiazole rings is 1. The van der Waals surface area contributed by atoms with Gasteiger partial charge < -0.3 is 14.6 Å². The zero-order valence-corrected chi connectivity index (χ0v) is 26.8. The summed E-state index contributed by atoms with van der Waals surface area (Å²) in [6.45, 7) is 1.32. The van der Waals surface area contributed by atoms with Gasteiger partial charge in [-0.25, -0.2) is 0 Å². The second kappa shape index (κ2) is 11.2. The molecule has 4 heterocycles. The van der Waals surface area contributed by atoms with Crippen molar-refractivity contribution >= 4 is 63.8 Å². The van der Waals surface area contributed by atoms with Crippen molar-refractivity contribution < 1.29 is 24.0 Å². The lowest BCUT2D eigenvalue weighted by atomic mass is 9.68. The number of hydrogen-bond acceptors (Lipinski definition) is 9. The van der Waals surface area contributed by atoms with Gasteiger partial charge in [-0.1, -0.05) is 22.9 Å². The van der Waals surface area contributed by atoms with Crippen molar-refractivity contribution in [2.75, 3.05) is 24.6 Å². The standard InChI is InChI=1S/C32H29ClN4O7S2/c33-15-4-9-21(44-14-22(38)35-10-2-1-3-11-35)18(12-15)23-24-19-13-20(27(24)45-29-28(23)46-32(41)34-29)26-25(19)30(39)36(31(26)40)16-5-7-17(8-6-16)37(42)43/h4-9,12,19-20,23-27H,1-3,10-11,13-14H2,(H,34,41)/t19-,20-,23+,24-,25+,26+,27-/m1/s1. The molecule has 3 aliphatic heterocycles. The first kappa shape index (κ1) is 29.7. The van der Waals surface area contributed by atoms with Crippen molar-refractivity contribution in [2.24, 2.45) is 29.6 Å². The normalized spacial score (nSPS) is 29.5. The molecule has 11 nitrogen and oxygen atoms in total. The van der Waals surface area contributed by atoms with Gasteiger partial charge in [0, 0.05) is 51.9 Å². The Morgan fingerprint density at radius 3 is 2.46 bits per heavy atom. The third-order valence-corrected chi connectivity index (χ3v) is 13.2. The summed E-state index contributed by atoms with van der Waals surface area (Å²) in [5.41, 5.74) is 0.971. The molecule has 0 spiro atoms. The highest BCUT2D eigenvalue weighted by Gasteiger charge is 2.70. The minimum absolute atomic E-state index is 0.0515. The summed E-state index contributed by atoms with van der Waals surface area (Å²) in [6.07, 6.45) is 3.76. The van der Waals surface area contributed by atoms with Crippen LogP contribution in [0.15, 0.2) is 52.3 Å². The number of nitro benzene ring substituents is 1. The second-order valence-electron chi connectivity index (χ2n) is 12.7. The second-order valence-corrected chi connectivity index (χ2v) is 15.3. The van der Waals surface area contributed by atoms with Gasteiger partial charge in [0.25, 0.3) is 11.6 Å². The Morgan fingerprint density at radius 1 is 1.02 bits per heavy atom. The zero-order valence-electron chi connectivity index (χ0n) is 24.4. The number of nitrogens with one attached hydrogen (secondary N) is 1. The lowest BCUT2D eigenvalue weighted by Gasteiger charge is -2.43. The first-order chi connectivity index (χ1) is 22.2. The van der Waals surface area contributed by atoms with Crippen molar-refractivity contribution in [1.82, 2.24) is 9.88 Å². The Balaban J connectivity index is 1.15. The largest absolute Gasteiger partial charge is 0.483 e. The third-order valence-electron chi connectivity index (χ3n) is 10.4. The highest BCUT2D eigenvalue weighted by Crippen LogP contribution is 2.69. The van der Waals surface area contributed by atoms with E-state index in [1.54, 1.807) is 23.9 Å². The molecule has 1 aromatic heterocycles. The zero-order chi connectivity index (χ0) is 31.9. The van der Waals surface area contributed by atoms with Crippen LogP contribution in [0.4, 0.5) is 11.4 Å². The number of rotatable bonds is 6. The summed E-state index contributed by atoms with van der Waals surface area (Å²) in [5.74, 6) is -1.87. The summed E-state index contributed by atoms with van der Waals surface area (Å²) >= 11 is 9.28. The third kappa shape index (κ3) is 4.61. The molecule has 5 aliphatic rings. The average Bonchev–Trinajstić information content (AvgIpc) is 3.79. The number of aromatic nitrogens is 1. The van der Waals surface area contributed by atoms with Crippen LogP contribution >= 0.6 is 34.7 Å². The van der Waals surface area contributed by atoms with Crippen LogP contribution in [0.25, 0.3) is 0 Å². The van der Waals surface area contributed by atoms with E-state index in [1.165, 1.54) is 29.2 Å². The van der Waals surface area contributed by atoms with Crippen LogP contribution in [0.1, 0.15) is 42.0 Å². The van der Waals surface area contributed by atoms with Crippen LogP contribution in [0.2, 0.25) is 5.02 Å². The Kier molecular flexibility index (Phi) is 7.26.